The van der Waals surface area contributed by atoms with Crippen molar-refractivity contribution in [3.8, 4) is 0 Å². The Morgan fingerprint density at radius 2 is 1.89 bits per heavy atom. The van der Waals surface area contributed by atoms with Gasteiger partial charge in [-0.1, -0.05) is 41.9 Å². The van der Waals surface area contributed by atoms with Gasteiger partial charge >= 0.3 is 0 Å². The molecule has 2 aromatic rings. The van der Waals surface area contributed by atoms with Gasteiger partial charge in [0, 0.05) is 25.5 Å². The van der Waals surface area contributed by atoms with Gasteiger partial charge in [0.15, 0.2) is 0 Å². The van der Waals surface area contributed by atoms with Crippen molar-refractivity contribution in [2.45, 2.75) is 30.9 Å². The van der Waals surface area contributed by atoms with Crippen LogP contribution in [-0.4, -0.2) is 58.0 Å². The van der Waals surface area contributed by atoms with Crippen molar-refractivity contribution in [1.29, 1.82) is 0 Å². The first kappa shape index (κ1) is 18.4. The first-order valence-corrected chi connectivity index (χ1v) is 9.87. The van der Waals surface area contributed by atoms with Crippen LogP contribution in [0.25, 0.3) is 0 Å². The summed E-state index contributed by atoms with van der Waals surface area (Å²) in [7, 11) is 0. The fourth-order valence-corrected chi connectivity index (χ4v) is 4.53. The Morgan fingerprint density at radius 3 is 2.59 bits per heavy atom. The van der Waals surface area contributed by atoms with Crippen LogP contribution in [-0.2, 0) is 5.60 Å². The molecule has 0 bridgehead atoms. The molecule has 1 N–H and O–H groups in total. The van der Waals surface area contributed by atoms with Crippen molar-refractivity contribution in [1.82, 2.24) is 14.8 Å². The zero-order valence-electron chi connectivity index (χ0n) is 15.2. The summed E-state index contributed by atoms with van der Waals surface area (Å²) < 4.78 is 0. The number of nitrogens with zero attached hydrogens (tertiary/aromatic N) is 3. The summed E-state index contributed by atoms with van der Waals surface area (Å²) in [5.41, 5.74) is 0.473. The molecule has 1 aromatic carbocycles. The molecule has 2 atom stereocenters. The van der Waals surface area contributed by atoms with E-state index in [-0.39, 0.29) is 11.9 Å². The largest absolute Gasteiger partial charge is 0.383 e. The number of pyridine rings is 1. The fraction of sp³-hybridized carbons (Fsp3) is 0.429. The second-order valence-electron chi connectivity index (χ2n) is 7.44. The van der Waals surface area contributed by atoms with Crippen LogP contribution in [0.2, 0.25) is 5.02 Å². The van der Waals surface area contributed by atoms with Crippen LogP contribution >= 0.6 is 11.6 Å². The van der Waals surface area contributed by atoms with Crippen LogP contribution in [0.4, 0.5) is 0 Å². The predicted molar refractivity (Wildman–Crippen MR) is 105 cm³/mol. The highest BCUT2D eigenvalue weighted by atomic mass is 35.5. The zero-order chi connectivity index (χ0) is 18.9. The quantitative estimate of drug-likeness (QED) is 0.882. The number of hydrogen-bond acceptors (Lipinski definition) is 4. The fourth-order valence-electron chi connectivity index (χ4n) is 4.35. The van der Waals surface area contributed by atoms with E-state index in [0.29, 0.717) is 30.1 Å². The number of carbonyl (C=O) groups excluding carboxylic acids is 1. The lowest BCUT2D eigenvalue weighted by Gasteiger charge is -2.48. The SMILES string of the molecule is O=C(c1cncc(Cl)c1)N1CC[C@](O)(c2ccccc2)[C@H](N2CCCC2)C1. The molecule has 4 rings (SSSR count). The van der Waals surface area contributed by atoms with Gasteiger partial charge in [-0.2, -0.15) is 0 Å². The first-order valence-electron chi connectivity index (χ1n) is 9.50. The number of carbonyl (C=O) groups is 1. The molecule has 142 valence electrons. The van der Waals surface area contributed by atoms with Gasteiger partial charge in [0.2, 0.25) is 0 Å². The lowest BCUT2D eigenvalue weighted by atomic mass is 9.79. The van der Waals surface area contributed by atoms with E-state index < -0.39 is 5.60 Å². The van der Waals surface area contributed by atoms with Crippen LogP contribution in [0.3, 0.4) is 0 Å². The summed E-state index contributed by atoms with van der Waals surface area (Å²) in [4.78, 5) is 21.2. The highest BCUT2D eigenvalue weighted by Gasteiger charge is 2.47. The first-order chi connectivity index (χ1) is 13.1. The summed E-state index contributed by atoms with van der Waals surface area (Å²) >= 11 is 6.00. The Kier molecular flexibility index (Phi) is 5.17. The molecule has 0 aliphatic carbocycles. The van der Waals surface area contributed by atoms with Crippen LogP contribution in [0.1, 0.15) is 35.2 Å². The Morgan fingerprint density at radius 1 is 1.15 bits per heavy atom. The molecule has 0 saturated carbocycles. The number of likely N-dealkylation sites (tertiary alicyclic amines) is 2. The predicted octanol–water partition coefficient (Wildman–Crippen LogP) is 2.93. The van der Waals surface area contributed by atoms with Gasteiger partial charge in [-0.25, -0.2) is 0 Å². The average Bonchev–Trinajstić information content (AvgIpc) is 3.23. The van der Waals surface area contributed by atoms with Crippen LogP contribution in [0.5, 0.6) is 0 Å². The number of piperidine rings is 1. The molecule has 1 aromatic heterocycles. The number of benzene rings is 1. The van der Waals surface area contributed by atoms with Crippen molar-refractivity contribution in [3.63, 3.8) is 0 Å². The van der Waals surface area contributed by atoms with Crippen LogP contribution in [0.15, 0.2) is 48.8 Å². The molecule has 3 heterocycles. The maximum atomic E-state index is 13.0. The van der Waals surface area contributed by atoms with E-state index in [0.717, 1.165) is 31.5 Å². The Balaban J connectivity index is 1.62. The van der Waals surface area contributed by atoms with Crippen molar-refractivity contribution in [2.24, 2.45) is 0 Å². The van der Waals surface area contributed by atoms with Gasteiger partial charge in [0.1, 0.15) is 5.60 Å². The van der Waals surface area contributed by atoms with Gasteiger partial charge in [-0.15, -0.1) is 0 Å². The summed E-state index contributed by atoms with van der Waals surface area (Å²) in [6.45, 7) is 2.92. The van der Waals surface area contributed by atoms with E-state index in [1.165, 1.54) is 6.20 Å². The molecule has 5 nitrogen and oxygen atoms in total. The molecule has 2 aliphatic heterocycles. The minimum absolute atomic E-state index is 0.0793. The zero-order valence-corrected chi connectivity index (χ0v) is 16.0. The second kappa shape index (κ2) is 7.58. The molecule has 0 spiro atoms. The van der Waals surface area contributed by atoms with E-state index in [1.54, 1.807) is 12.3 Å². The van der Waals surface area contributed by atoms with Gasteiger partial charge in [-0.3, -0.25) is 14.7 Å². The number of aliphatic hydroxyl groups is 1. The molecular weight excluding hydrogens is 362 g/mol. The number of aromatic nitrogens is 1. The molecule has 2 saturated heterocycles. The highest BCUT2D eigenvalue weighted by molar-refractivity contribution is 6.30. The molecule has 2 fully saturated rings. The summed E-state index contributed by atoms with van der Waals surface area (Å²) in [6.07, 6.45) is 5.85. The smallest absolute Gasteiger partial charge is 0.255 e. The van der Waals surface area contributed by atoms with E-state index in [2.05, 4.69) is 9.88 Å². The average molecular weight is 386 g/mol. The number of hydrogen-bond donors (Lipinski definition) is 1. The molecule has 0 unspecified atom stereocenters. The van der Waals surface area contributed by atoms with E-state index in [4.69, 9.17) is 11.6 Å². The van der Waals surface area contributed by atoms with Crippen molar-refractivity contribution in [3.05, 3.63) is 64.9 Å². The minimum atomic E-state index is -0.949. The second-order valence-corrected chi connectivity index (χ2v) is 7.88. The molecule has 6 heteroatoms. The van der Waals surface area contributed by atoms with Crippen molar-refractivity contribution in [2.75, 3.05) is 26.2 Å². The van der Waals surface area contributed by atoms with E-state index in [1.807, 2.05) is 35.2 Å². The van der Waals surface area contributed by atoms with E-state index >= 15 is 0 Å². The standard InChI is InChI=1S/C21H24ClN3O2/c22-18-12-16(13-23-14-18)20(26)25-11-8-21(27,17-6-2-1-3-7-17)19(15-25)24-9-4-5-10-24/h1-3,6-7,12-14,19,27H,4-5,8-11,15H2/t19-,21+/m1/s1. The lowest BCUT2D eigenvalue weighted by Crippen LogP contribution is -2.61. The molecule has 27 heavy (non-hydrogen) atoms. The van der Waals surface area contributed by atoms with Gasteiger partial charge < -0.3 is 10.0 Å². The van der Waals surface area contributed by atoms with Gasteiger partial charge in [0.25, 0.3) is 5.91 Å². The maximum absolute atomic E-state index is 13.0. The summed E-state index contributed by atoms with van der Waals surface area (Å²) in [5, 5.41) is 12.1. The molecule has 1 amide bonds. The topological polar surface area (TPSA) is 56.7 Å². The highest BCUT2D eigenvalue weighted by Crippen LogP contribution is 2.37. The third-order valence-electron chi connectivity index (χ3n) is 5.80. The number of halogens is 1. The molecule has 0 radical (unpaired) electrons. The molecular formula is C21H24ClN3O2. The maximum Gasteiger partial charge on any atom is 0.255 e. The number of rotatable bonds is 3. The minimum Gasteiger partial charge on any atom is -0.383 e. The Bertz CT molecular complexity index is 810. The normalized spacial score (nSPS) is 26.3. The monoisotopic (exact) mass is 385 g/mol. The Labute approximate surface area is 164 Å². The van der Waals surface area contributed by atoms with Gasteiger partial charge in [0.05, 0.1) is 16.6 Å². The van der Waals surface area contributed by atoms with E-state index in [9.17, 15) is 9.90 Å². The van der Waals surface area contributed by atoms with Crippen LogP contribution < -0.4 is 0 Å². The summed E-state index contributed by atoms with van der Waals surface area (Å²) in [5.74, 6) is -0.0793. The third-order valence-corrected chi connectivity index (χ3v) is 6.01. The number of amides is 1. The molecule has 2 aliphatic rings. The van der Waals surface area contributed by atoms with Crippen molar-refractivity contribution < 1.29 is 9.90 Å². The summed E-state index contributed by atoms with van der Waals surface area (Å²) in [6, 6.07) is 11.4. The van der Waals surface area contributed by atoms with Gasteiger partial charge in [-0.05, 0) is 44.0 Å². The Hall–Kier alpha value is -1.95. The third kappa shape index (κ3) is 3.59. The van der Waals surface area contributed by atoms with Crippen molar-refractivity contribution >= 4 is 17.5 Å². The van der Waals surface area contributed by atoms with Crippen LogP contribution in [0, 0.1) is 0 Å². The lowest BCUT2D eigenvalue weighted by molar-refractivity contribution is -0.0878.